The molecule has 0 atom stereocenters. The van der Waals surface area contributed by atoms with E-state index in [1.807, 2.05) is 36.4 Å². The van der Waals surface area contributed by atoms with Crippen molar-refractivity contribution in [3.8, 4) is 0 Å². The molecule has 2 aromatic carbocycles. The van der Waals surface area contributed by atoms with Crippen molar-refractivity contribution in [3.05, 3.63) is 52.5 Å². The monoisotopic (exact) mass is 276 g/mol. The van der Waals surface area contributed by atoms with E-state index in [1.54, 1.807) is 6.08 Å². The number of benzene rings is 2. The van der Waals surface area contributed by atoms with Crippen molar-refractivity contribution in [2.75, 3.05) is 0 Å². The molecule has 0 radical (unpaired) electrons. The second-order valence-electron chi connectivity index (χ2n) is 3.35. The van der Waals surface area contributed by atoms with E-state index in [4.69, 9.17) is 5.11 Å². The maximum atomic E-state index is 10.5. The van der Waals surface area contributed by atoms with Crippen molar-refractivity contribution in [3.63, 3.8) is 0 Å². The normalized spacial score (nSPS) is 11.1. The largest absolute Gasteiger partial charge is 0.478 e. The van der Waals surface area contributed by atoms with Gasteiger partial charge in [0.2, 0.25) is 0 Å². The maximum Gasteiger partial charge on any atom is 0.328 e. The first-order chi connectivity index (χ1) is 7.68. The van der Waals surface area contributed by atoms with E-state index < -0.39 is 5.97 Å². The van der Waals surface area contributed by atoms with Gasteiger partial charge in [-0.2, -0.15) is 0 Å². The van der Waals surface area contributed by atoms with Gasteiger partial charge in [0.1, 0.15) is 0 Å². The van der Waals surface area contributed by atoms with E-state index in [2.05, 4.69) is 15.9 Å². The molecule has 0 saturated carbocycles. The predicted octanol–water partition coefficient (Wildman–Crippen LogP) is 3.70. The molecule has 0 aromatic heterocycles. The number of halogens is 1. The number of fused-ring (bicyclic) bond motifs is 1. The Morgan fingerprint density at radius 2 is 1.81 bits per heavy atom. The Bertz CT molecular complexity index is 573. The van der Waals surface area contributed by atoms with E-state index in [0.717, 1.165) is 26.9 Å². The zero-order valence-corrected chi connectivity index (χ0v) is 9.94. The lowest BCUT2D eigenvalue weighted by Gasteiger charge is -2.03. The van der Waals surface area contributed by atoms with Gasteiger partial charge < -0.3 is 5.11 Å². The second kappa shape index (κ2) is 4.49. The van der Waals surface area contributed by atoms with Gasteiger partial charge in [0.25, 0.3) is 0 Å². The Morgan fingerprint density at radius 1 is 1.12 bits per heavy atom. The van der Waals surface area contributed by atoms with Crippen molar-refractivity contribution in [1.29, 1.82) is 0 Å². The standard InChI is InChI=1S/C13H9BrO2/c14-12-6-2-4-10-9(7-8-13(15)16)3-1-5-11(10)12/h1-8H,(H,15,16)/b8-7+. The molecule has 0 unspecified atom stereocenters. The zero-order chi connectivity index (χ0) is 11.5. The second-order valence-corrected chi connectivity index (χ2v) is 4.21. The van der Waals surface area contributed by atoms with Crippen LogP contribution in [0.1, 0.15) is 5.56 Å². The number of aliphatic carboxylic acids is 1. The minimum absolute atomic E-state index is 0.904. The van der Waals surface area contributed by atoms with Crippen LogP contribution in [0.4, 0.5) is 0 Å². The first kappa shape index (κ1) is 10.9. The molecule has 16 heavy (non-hydrogen) atoms. The summed E-state index contributed by atoms with van der Waals surface area (Å²) in [6, 6.07) is 11.7. The van der Waals surface area contributed by atoms with Gasteiger partial charge in [-0.25, -0.2) is 4.79 Å². The van der Waals surface area contributed by atoms with Crippen LogP contribution in [0, 0.1) is 0 Å². The highest BCUT2D eigenvalue weighted by atomic mass is 79.9. The zero-order valence-electron chi connectivity index (χ0n) is 8.35. The summed E-state index contributed by atoms with van der Waals surface area (Å²) in [5, 5.41) is 10.7. The predicted molar refractivity (Wildman–Crippen MR) is 68.3 cm³/mol. The Hall–Kier alpha value is -1.61. The molecule has 0 fully saturated rings. The topological polar surface area (TPSA) is 37.3 Å². The highest BCUT2D eigenvalue weighted by Gasteiger charge is 2.00. The highest BCUT2D eigenvalue weighted by molar-refractivity contribution is 9.10. The van der Waals surface area contributed by atoms with Crippen molar-refractivity contribution in [2.45, 2.75) is 0 Å². The smallest absolute Gasteiger partial charge is 0.328 e. The molecule has 2 nitrogen and oxygen atoms in total. The van der Waals surface area contributed by atoms with Gasteiger partial charge in [-0.1, -0.05) is 46.3 Å². The Morgan fingerprint density at radius 3 is 2.56 bits per heavy atom. The van der Waals surface area contributed by atoms with Crippen LogP contribution in [0.2, 0.25) is 0 Å². The van der Waals surface area contributed by atoms with Crippen LogP contribution in [-0.4, -0.2) is 11.1 Å². The van der Waals surface area contributed by atoms with Gasteiger partial charge in [-0.15, -0.1) is 0 Å². The molecule has 0 spiro atoms. The van der Waals surface area contributed by atoms with E-state index >= 15 is 0 Å². The molecule has 0 aliphatic rings. The van der Waals surface area contributed by atoms with Gasteiger partial charge in [-0.05, 0) is 28.5 Å². The van der Waals surface area contributed by atoms with Gasteiger partial charge in [0.15, 0.2) is 0 Å². The molecular weight excluding hydrogens is 268 g/mol. The van der Waals surface area contributed by atoms with Gasteiger partial charge in [0.05, 0.1) is 0 Å². The van der Waals surface area contributed by atoms with Crippen LogP contribution in [0.5, 0.6) is 0 Å². The third-order valence-corrected chi connectivity index (χ3v) is 3.00. The van der Waals surface area contributed by atoms with Gasteiger partial charge in [-0.3, -0.25) is 0 Å². The summed E-state index contributed by atoms with van der Waals surface area (Å²) >= 11 is 3.47. The Kier molecular flexibility index (Phi) is 3.06. The van der Waals surface area contributed by atoms with E-state index in [-0.39, 0.29) is 0 Å². The third kappa shape index (κ3) is 2.14. The van der Waals surface area contributed by atoms with Crippen molar-refractivity contribution in [1.82, 2.24) is 0 Å². The molecule has 0 aliphatic carbocycles. The summed E-state index contributed by atoms with van der Waals surface area (Å²) < 4.78 is 1.01. The van der Waals surface area contributed by atoms with Crippen molar-refractivity contribution in [2.24, 2.45) is 0 Å². The molecular formula is C13H9BrO2. The SMILES string of the molecule is O=C(O)/C=C/c1cccc2c(Br)cccc12. The summed E-state index contributed by atoms with van der Waals surface area (Å²) in [5.41, 5.74) is 0.904. The van der Waals surface area contributed by atoms with E-state index in [1.165, 1.54) is 0 Å². The number of rotatable bonds is 2. The first-order valence-corrected chi connectivity index (χ1v) is 5.56. The lowest BCUT2D eigenvalue weighted by molar-refractivity contribution is -0.131. The maximum absolute atomic E-state index is 10.5. The van der Waals surface area contributed by atoms with Crippen LogP contribution >= 0.6 is 15.9 Å². The minimum atomic E-state index is -0.938. The fraction of sp³-hybridized carbons (Fsp3) is 0. The van der Waals surface area contributed by atoms with Crippen LogP contribution in [0.3, 0.4) is 0 Å². The number of carboxylic acid groups (broad SMARTS) is 1. The van der Waals surface area contributed by atoms with E-state index in [9.17, 15) is 4.79 Å². The quantitative estimate of drug-likeness (QED) is 0.850. The van der Waals surface area contributed by atoms with Crippen molar-refractivity contribution >= 4 is 38.7 Å². The number of hydrogen-bond donors (Lipinski definition) is 1. The molecule has 0 aliphatic heterocycles. The highest BCUT2D eigenvalue weighted by Crippen LogP contribution is 2.26. The lowest BCUT2D eigenvalue weighted by atomic mass is 10.0. The molecule has 80 valence electrons. The average molecular weight is 277 g/mol. The van der Waals surface area contributed by atoms with Crippen molar-refractivity contribution < 1.29 is 9.90 Å². The molecule has 0 saturated heterocycles. The molecule has 3 heteroatoms. The lowest BCUT2D eigenvalue weighted by Crippen LogP contribution is -1.86. The minimum Gasteiger partial charge on any atom is -0.478 e. The van der Waals surface area contributed by atoms with Crippen LogP contribution in [-0.2, 0) is 4.79 Å². The van der Waals surface area contributed by atoms with Crippen LogP contribution in [0.15, 0.2) is 46.9 Å². The van der Waals surface area contributed by atoms with Gasteiger partial charge in [0, 0.05) is 10.5 Å². The molecule has 0 heterocycles. The summed E-state index contributed by atoms with van der Waals surface area (Å²) in [6.45, 7) is 0. The fourth-order valence-electron chi connectivity index (χ4n) is 1.60. The van der Waals surface area contributed by atoms with Crippen LogP contribution in [0.25, 0.3) is 16.8 Å². The van der Waals surface area contributed by atoms with Gasteiger partial charge >= 0.3 is 5.97 Å². The third-order valence-electron chi connectivity index (χ3n) is 2.31. The number of carboxylic acids is 1. The molecule has 0 bridgehead atoms. The molecule has 0 amide bonds. The summed E-state index contributed by atoms with van der Waals surface area (Å²) in [6.07, 6.45) is 2.76. The molecule has 2 rings (SSSR count). The summed E-state index contributed by atoms with van der Waals surface area (Å²) in [5.74, 6) is -0.938. The molecule has 2 aromatic rings. The fourth-order valence-corrected chi connectivity index (χ4v) is 2.10. The molecule has 1 N–H and O–H groups in total. The van der Waals surface area contributed by atoms with E-state index in [0.29, 0.717) is 0 Å². The van der Waals surface area contributed by atoms with Crippen LogP contribution < -0.4 is 0 Å². The summed E-state index contributed by atoms with van der Waals surface area (Å²) in [7, 11) is 0. The average Bonchev–Trinajstić information content (AvgIpc) is 2.27. The summed E-state index contributed by atoms with van der Waals surface area (Å²) in [4.78, 5) is 10.5. The Labute approximate surface area is 101 Å². The Balaban J connectivity index is 2.63. The first-order valence-electron chi connectivity index (χ1n) is 4.77. The number of carbonyl (C=O) groups is 1. The number of hydrogen-bond acceptors (Lipinski definition) is 1.